The first-order valence-electron chi connectivity index (χ1n) is 5.99. The molecule has 0 aliphatic heterocycles. The van der Waals surface area contributed by atoms with Gasteiger partial charge in [0.1, 0.15) is 11.4 Å². The Morgan fingerprint density at radius 3 is 2.67 bits per heavy atom. The first-order chi connectivity index (χ1) is 8.86. The highest BCUT2D eigenvalue weighted by Gasteiger charge is 2.18. The summed E-state index contributed by atoms with van der Waals surface area (Å²) in [4.78, 5) is 8.48. The second-order valence-corrected chi connectivity index (χ2v) is 3.86. The number of ether oxygens (including phenoxy) is 1. The molecule has 0 aliphatic carbocycles. The van der Waals surface area contributed by atoms with Crippen molar-refractivity contribution in [2.45, 2.75) is 13.0 Å². The number of pyridine rings is 2. The molecule has 0 aliphatic rings. The van der Waals surface area contributed by atoms with Crippen molar-refractivity contribution in [1.29, 1.82) is 0 Å². The van der Waals surface area contributed by atoms with Crippen molar-refractivity contribution in [1.82, 2.24) is 15.3 Å². The normalized spacial score (nSPS) is 12.1. The lowest BCUT2D eigenvalue weighted by Crippen LogP contribution is -2.23. The molecular formula is C14H17N3O. The Morgan fingerprint density at radius 1 is 1.22 bits per heavy atom. The molecule has 94 valence electrons. The molecule has 0 fully saturated rings. The Kier molecular flexibility index (Phi) is 4.25. The maximum absolute atomic E-state index is 5.38. The first kappa shape index (κ1) is 12.5. The van der Waals surface area contributed by atoms with Crippen LogP contribution in [0.25, 0.3) is 0 Å². The number of rotatable bonds is 5. The van der Waals surface area contributed by atoms with E-state index in [9.17, 15) is 0 Å². The molecule has 2 heterocycles. The lowest BCUT2D eigenvalue weighted by Gasteiger charge is -2.19. The molecule has 1 atom stereocenters. The minimum Gasteiger partial charge on any atom is -0.495 e. The third kappa shape index (κ3) is 2.65. The highest BCUT2D eigenvalue weighted by molar-refractivity contribution is 5.36. The molecule has 0 spiro atoms. The number of aromatic nitrogens is 2. The van der Waals surface area contributed by atoms with Gasteiger partial charge in [-0.2, -0.15) is 0 Å². The summed E-state index contributed by atoms with van der Waals surface area (Å²) >= 11 is 0. The van der Waals surface area contributed by atoms with Crippen LogP contribution in [-0.4, -0.2) is 23.6 Å². The molecule has 4 nitrogen and oxygen atoms in total. The monoisotopic (exact) mass is 243 g/mol. The fraction of sp³-hybridized carbons (Fsp3) is 0.286. The molecule has 4 heteroatoms. The van der Waals surface area contributed by atoms with Crippen molar-refractivity contribution in [2.75, 3.05) is 13.7 Å². The number of methoxy groups -OCH3 is 1. The largest absolute Gasteiger partial charge is 0.495 e. The molecule has 2 rings (SSSR count). The van der Waals surface area contributed by atoms with Crippen molar-refractivity contribution in [3.63, 3.8) is 0 Å². The fourth-order valence-electron chi connectivity index (χ4n) is 1.92. The van der Waals surface area contributed by atoms with Crippen LogP contribution in [0.2, 0.25) is 0 Å². The van der Waals surface area contributed by atoms with Gasteiger partial charge in [-0.25, -0.2) is 0 Å². The van der Waals surface area contributed by atoms with Crippen LogP contribution >= 0.6 is 0 Å². The summed E-state index contributed by atoms with van der Waals surface area (Å²) in [5.41, 5.74) is 2.02. The molecule has 2 aromatic rings. The van der Waals surface area contributed by atoms with E-state index in [0.717, 1.165) is 23.6 Å². The van der Waals surface area contributed by atoms with Crippen molar-refractivity contribution in [3.8, 4) is 5.75 Å². The minimum atomic E-state index is 0.0224. The van der Waals surface area contributed by atoms with E-state index in [2.05, 4.69) is 22.2 Å². The van der Waals surface area contributed by atoms with Crippen molar-refractivity contribution in [2.24, 2.45) is 0 Å². The highest BCUT2D eigenvalue weighted by Crippen LogP contribution is 2.27. The van der Waals surface area contributed by atoms with E-state index in [1.54, 1.807) is 25.7 Å². The van der Waals surface area contributed by atoms with Gasteiger partial charge in [-0.1, -0.05) is 6.92 Å². The van der Waals surface area contributed by atoms with Crippen LogP contribution in [0.15, 0.2) is 42.9 Å². The van der Waals surface area contributed by atoms with Gasteiger partial charge in [-0.05, 0) is 36.4 Å². The predicted octanol–water partition coefficient (Wildman–Crippen LogP) is 2.18. The van der Waals surface area contributed by atoms with E-state index in [0.29, 0.717) is 0 Å². The summed E-state index contributed by atoms with van der Waals surface area (Å²) in [5, 5.41) is 3.42. The maximum atomic E-state index is 5.38. The van der Waals surface area contributed by atoms with Crippen molar-refractivity contribution >= 4 is 0 Å². The third-order valence-electron chi connectivity index (χ3n) is 2.74. The molecule has 18 heavy (non-hydrogen) atoms. The number of hydrogen-bond donors (Lipinski definition) is 1. The van der Waals surface area contributed by atoms with Gasteiger partial charge in [-0.15, -0.1) is 0 Å². The van der Waals surface area contributed by atoms with E-state index in [4.69, 9.17) is 4.74 Å². The van der Waals surface area contributed by atoms with Gasteiger partial charge in [0.2, 0.25) is 0 Å². The average molecular weight is 243 g/mol. The molecule has 0 aromatic carbocycles. The summed E-state index contributed by atoms with van der Waals surface area (Å²) in [6.07, 6.45) is 5.35. The van der Waals surface area contributed by atoms with Gasteiger partial charge in [0.05, 0.1) is 13.2 Å². The Bertz CT molecular complexity index is 487. The second-order valence-electron chi connectivity index (χ2n) is 3.86. The summed E-state index contributed by atoms with van der Waals surface area (Å²) in [6.45, 7) is 2.93. The van der Waals surface area contributed by atoms with Crippen molar-refractivity contribution < 1.29 is 4.74 Å². The Hall–Kier alpha value is -1.94. The van der Waals surface area contributed by atoms with E-state index < -0.39 is 0 Å². The highest BCUT2D eigenvalue weighted by atomic mass is 16.5. The number of nitrogens with one attached hydrogen (secondary N) is 1. The van der Waals surface area contributed by atoms with Crippen LogP contribution in [-0.2, 0) is 0 Å². The van der Waals surface area contributed by atoms with E-state index in [1.165, 1.54) is 0 Å². The topological polar surface area (TPSA) is 47.0 Å². The predicted molar refractivity (Wildman–Crippen MR) is 70.5 cm³/mol. The maximum Gasteiger partial charge on any atom is 0.142 e. The van der Waals surface area contributed by atoms with Crippen LogP contribution in [0.4, 0.5) is 0 Å². The molecule has 0 radical (unpaired) electrons. The van der Waals surface area contributed by atoms with Gasteiger partial charge >= 0.3 is 0 Å². The van der Waals surface area contributed by atoms with Gasteiger partial charge in [0.15, 0.2) is 0 Å². The average Bonchev–Trinajstić information content (AvgIpc) is 2.46. The summed E-state index contributed by atoms with van der Waals surface area (Å²) < 4.78 is 5.38. The standard InChI is InChI=1S/C14H17N3O/c1-3-16-13(11-6-9-15-10-7-11)14-12(18-2)5-4-8-17-14/h4-10,13,16H,3H2,1-2H3. The van der Waals surface area contributed by atoms with Crippen LogP contribution in [0.5, 0.6) is 5.75 Å². The van der Waals surface area contributed by atoms with Gasteiger partial charge in [0.25, 0.3) is 0 Å². The summed E-state index contributed by atoms with van der Waals surface area (Å²) in [5.74, 6) is 0.792. The van der Waals surface area contributed by atoms with Gasteiger partial charge in [0, 0.05) is 18.6 Å². The summed E-state index contributed by atoms with van der Waals surface area (Å²) in [6, 6.07) is 7.79. The van der Waals surface area contributed by atoms with Crippen LogP contribution in [0, 0.1) is 0 Å². The Labute approximate surface area is 107 Å². The van der Waals surface area contributed by atoms with Crippen LogP contribution in [0.1, 0.15) is 24.2 Å². The fourth-order valence-corrected chi connectivity index (χ4v) is 1.92. The number of nitrogens with zero attached hydrogens (tertiary/aromatic N) is 2. The lowest BCUT2D eigenvalue weighted by molar-refractivity contribution is 0.400. The minimum absolute atomic E-state index is 0.0224. The molecular weight excluding hydrogens is 226 g/mol. The smallest absolute Gasteiger partial charge is 0.142 e. The van der Waals surface area contributed by atoms with Crippen LogP contribution < -0.4 is 10.1 Å². The lowest BCUT2D eigenvalue weighted by atomic mass is 10.0. The van der Waals surface area contributed by atoms with Gasteiger partial charge in [-0.3, -0.25) is 9.97 Å². The second kappa shape index (κ2) is 6.12. The molecule has 2 aromatic heterocycles. The number of hydrogen-bond acceptors (Lipinski definition) is 4. The molecule has 1 unspecified atom stereocenters. The molecule has 1 N–H and O–H groups in total. The third-order valence-corrected chi connectivity index (χ3v) is 2.74. The zero-order chi connectivity index (χ0) is 12.8. The van der Waals surface area contributed by atoms with Gasteiger partial charge < -0.3 is 10.1 Å². The zero-order valence-electron chi connectivity index (χ0n) is 10.6. The SMILES string of the molecule is CCNC(c1ccncc1)c1ncccc1OC. The van der Waals surface area contributed by atoms with Crippen molar-refractivity contribution in [3.05, 3.63) is 54.1 Å². The summed E-state index contributed by atoms with van der Waals surface area (Å²) in [7, 11) is 1.66. The molecule has 0 amide bonds. The Morgan fingerprint density at radius 2 is 2.00 bits per heavy atom. The first-order valence-corrected chi connectivity index (χ1v) is 5.99. The zero-order valence-corrected chi connectivity index (χ0v) is 10.6. The quantitative estimate of drug-likeness (QED) is 0.874. The van der Waals surface area contributed by atoms with Crippen LogP contribution in [0.3, 0.4) is 0 Å². The molecule has 0 saturated heterocycles. The van der Waals surface area contributed by atoms with E-state index in [-0.39, 0.29) is 6.04 Å². The van der Waals surface area contributed by atoms with E-state index >= 15 is 0 Å². The molecule has 0 saturated carbocycles. The molecule has 0 bridgehead atoms. The Balaban J connectivity index is 2.41. The van der Waals surface area contributed by atoms with E-state index in [1.807, 2.05) is 24.3 Å².